The highest BCUT2D eigenvalue weighted by atomic mass is 32.2. The molecule has 1 saturated heterocycles. The topological polar surface area (TPSA) is 57.7 Å². The predicted molar refractivity (Wildman–Crippen MR) is 122 cm³/mol. The van der Waals surface area contributed by atoms with E-state index in [9.17, 15) is 17.6 Å². The highest BCUT2D eigenvalue weighted by Gasteiger charge is 2.39. The molecule has 0 spiro atoms. The Hall–Kier alpha value is -2.25. The molecular weight excluding hydrogens is 427 g/mol. The Labute approximate surface area is 190 Å². The van der Waals surface area contributed by atoms with Gasteiger partial charge in [0.2, 0.25) is 15.9 Å². The summed E-state index contributed by atoms with van der Waals surface area (Å²) in [6.45, 7) is 5.06. The smallest absolute Gasteiger partial charge is 0.243 e. The van der Waals surface area contributed by atoms with E-state index in [0.717, 1.165) is 18.4 Å². The van der Waals surface area contributed by atoms with Crippen LogP contribution in [0.5, 0.6) is 0 Å². The molecule has 0 N–H and O–H groups in total. The number of nitrogens with zero attached hydrogens (tertiary/aromatic N) is 2. The summed E-state index contributed by atoms with van der Waals surface area (Å²) < 4.78 is 41.8. The fourth-order valence-corrected chi connectivity index (χ4v) is 5.80. The molecule has 0 atom stereocenters. The molecule has 7 heteroatoms. The largest absolute Gasteiger partial charge is 0.335 e. The average Bonchev–Trinajstić information content (AvgIpc) is 3.63. The van der Waals surface area contributed by atoms with Crippen LogP contribution in [0.2, 0.25) is 0 Å². The Morgan fingerprint density at radius 3 is 2.22 bits per heavy atom. The lowest BCUT2D eigenvalue weighted by molar-refractivity contribution is -0.138. The van der Waals surface area contributed by atoms with E-state index in [1.807, 2.05) is 12.1 Å². The van der Waals surface area contributed by atoms with Crippen molar-refractivity contribution in [1.82, 2.24) is 9.21 Å². The molecule has 5 nitrogen and oxygen atoms in total. The van der Waals surface area contributed by atoms with Crippen LogP contribution in [0.4, 0.5) is 4.39 Å². The second-order valence-corrected chi connectivity index (χ2v) is 11.1. The van der Waals surface area contributed by atoms with Gasteiger partial charge in [-0.3, -0.25) is 4.79 Å². The molecule has 172 valence electrons. The van der Waals surface area contributed by atoms with Gasteiger partial charge in [0.05, 0.1) is 4.90 Å². The number of amides is 1. The van der Waals surface area contributed by atoms with Crippen LogP contribution in [0, 0.1) is 11.7 Å². The van der Waals surface area contributed by atoms with Crippen LogP contribution in [0.15, 0.2) is 53.4 Å². The summed E-state index contributed by atoms with van der Waals surface area (Å²) in [6.07, 6.45) is 2.87. The molecule has 2 aliphatic rings. The molecular formula is C25H31FN2O3S. The molecule has 2 aromatic carbocycles. The number of halogens is 1. The Morgan fingerprint density at radius 1 is 1.03 bits per heavy atom. The van der Waals surface area contributed by atoms with Gasteiger partial charge >= 0.3 is 0 Å². The maximum absolute atomic E-state index is 14.1. The first-order valence-corrected chi connectivity index (χ1v) is 12.9. The summed E-state index contributed by atoms with van der Waals surface area (Å²) in [5.74, 6) is -0.158. The fourth-order valence-electron chi connectivity index (χ4n) is 4.33. The third-order valence-corrected chi connectivity index (χ3v) is 8.47. The van der Waals surface area contributed by atoms with Gasteiger partial charge in [-0.05, 0) is 55.4 Å². The van der Waals surface area contributed by atoms with Crippen LogP contribution in [0.25, 0.3) is 0 Å². The molecule has 2 fully saturated rings. The standard InChI is InChI=1S/C25H31FN2O3S/c1-18(2)19-7-11-23(12-8-19)32(30,31)27-15-13-20(14-16-27)25(29)28(22-9-10-22)17-21-5-3-4-6-24(21)26/h3-8,11-12,18,20,22H,9-10,13-17H2,1-2H3. The molecule has 0 aromatic heterocycles. The minimum atomic E-state index is -3.57. The van der Waals surface area contributed by atoms with Gasteiger partial charge in [0.15, 0.2) is 0 Å². The molecule has 1 aliphatic heterocycles. The fraction of sp³-hybridized carbons (Fsp3) is 0.480. The van der Waals surface area contributed by atoms with Gasteiger partial charge in [-0.1, -0.05) is 44.2 Å². The van der Waals surface area contributed by atoms with Gasteiger partial charge in [-0.25, -0.2) is 12.8 Å². The highest BCUT2D eigenvalue weighted by molar-refractivity contribution is 7.89. The van der Waals surface area contributed by atoms with Crippen molar-refractivity contribution < 1.29 is 17.6 Å². The molecule has 0 radical (unpaired) electrons. The minimum absolute atomic E-state index is 0.0223. The normalized spacial score (nSPS) is 18.1. The van der Waals surface area contributed by atoms with Crippen molar-refractivity contribution in [2.45, 2.75) is 62.9 Å². The number of piperidine rings is 1. The predicted octanol–water partition coefficient (Wildman–Crippen LogP) is 4.54. The summed E-state index contributed by atoms with van der Waals surface area (Å²) in [5, 5.41) is 0. The maximum Gasteiger partial charge on any atom is 0.243 e. The zero-order valence-corrected chi connectivity index (χ0v) is 19.5. The van der Waals surface area contributed by atoms with Gasteiger partial charge < -0.3 is 4.90 Å². The molecule has 32 heavy (non-hydrogen) atoms. The lowest BCUT2D eigenvalue weighted by atomic mass is 9.96. The average molecular weight is 459 g/mol. The monoisotopic (exact) mass is 458 g/mol. The van der Waals surface area contributed by atoms with Crippen LogP contribution in [0.3, 0.4) is 0 Å². The number of benzene rings is 2. The molecule has 1 amide bonds. The van der Waals surface area contributed by atoms with Crippen molar-refractivity contribution in [3.05, 3.63) is 65.5 Å². The molecule has 1 aliphatic carbocycles. The Bertz CT molecular complexity index is 1060. The van der Waals surface area contributed by atoms with E-state index in [-0.39, 0.29) is 30.2 Å². The van der Waals surface area contributed by atoms with Crippen LogP contribution in [-0.4, -0.2) is 42.7 Å². The van der Waals surface area contributed by atoms with E-state index < -0.39 is 10.0 Å². The Balaban J connectivity index is 1.41. The van der Waals surface area contributed by atoms with Crippen molar-refractivity contribution in [2.75, 3.05) is 13.1 Å². The summed E-state index contributed by atoms with van der Waals surface area (Å²) in [4.78, 5) is 15.4. The number of hydrogen-bond acceptors (Lipinski definition) is 3. The van der Waals surface area contributed by atoms with E-state index in [1.165, 1.54) is 10.4 Å². The van der Waals surface area contributed by atoms with E-state index in [1.54, 1.807) is 35.2 Å². The number of hydrogen-bond donors (Lipinski definition) is 0. The van der Waals surface area contributed by atoms with Gasteiger partial charge in [0, 0.05) is 37.2 Å². The van der Waals surface area contributed by atoms with Crippen molar-refractivity contribution in [1.29, 1.82) is 0 Å². The van der Waals surface area contributed by atoms with Crippen LogP contribution < -0.4 is 0 Å². The van der Waals surface area contributed by atoms with E-state index >= 15 is 0 Å². The van der Waals surface area contributed by atoms with Crippen LogP contribution in [0.1, 0.15) is 56.6 Å². The van der Waals surface area contributed by atoms with E-state index in [0.29, 0.717) is 42.3 Å². The highest BCUT2D eigenvalue weighted by Crippen LogP contribution is 2.33. The van der Waals surface area contributed by atoms with Crippen molar-refractivity contribution >= 4 is 15.9 Å². The first kappa shape index (κ1) is 22.9. The number of rotatable bonds is 7. The molecule has 1 heterocycles. The molecule has 0 unspecified atom stereocenters. The van der Waals surface area contributed by atoms with Gasteiger partial charge in [-0.15, -0.1) is 0 Å². The van der Waals surface area contributed by atoms with E-state index in [4.69, 9.17) is 0 Å². The van der Waals surface area contributed by atoms with Crippen LogP contribution >= 0.6 is 0 Å². The molecule has 4 rings (SSSR count). The number of carbonyl (C=O) groups is 1. The zero-order valence-electron chi connectivity index (χ0n) is 18.7. The Morgan fingerprint density at radius 2 is 1.66 bits per heavy atom. The molecule has 0 bridgehead atoms. The van der Waals surface area contributed by atoms with Gasteiger partial charge in [0.1, 0.15) is 5.82 Å². The summed E-state index contributed by atoms with van der Waals surface area (Å²) in [5.41, 5.74) is 1.63. The number of sulfonamides is 1. The first-order chi connectivity index (χ1) is 15.3. The van der Waals surface area contributed by atoms with Crippen LogP contribution in [-0.2, 0) is 21.4 Å². The lowest BCUT2D eigenvalue weighted by Crippen LogP contribution is -2.44. The third kappa shape index (κ3) is 4.89. The lowest BCUT2D eigenvalue weighted by Gasteiger charge is -2.34. The van der Waals surface area contributed by atoms with Gasteiger partial charge in [-0.2, -0.15) is 4.31 Å². The zero-order chi connectivity index (χ0) is 22.9. The van der Waals surface area contributed by atoms with Gasteiger partial charge in [0.25, 0.3) is 0 Å². The third-order valence-electron chi connectivity index (χ3n) is 6.56. The number of carbonyl (C=O) groups excluding carboxylic acids is 1. The van der Waals surface area contributed by atoms with Crippen molar-refractivity contribution in [2.24, 2.45) is 5.92 Å². The summed E-state index contributed by atoms with van der Waals surface area (Å²) in [6, 6.07) is 13.8. The Kier molecular flexibility index (Phi) is 6.67. The van der Waals surface area contributed by atoms with Crippen molar-refractivity contribution in [3.8, 4) is 0 Å². The SMILES string of the molecule is CC(C)c1ccc(S(=O)(=O)N2CCC(C(=O)N(Cc3ccccc3F)C3CC3)CC2)cc1. The van der Waals surface area contributed by atoms with Crippen molar-refractivity contribution in [3.63, 3.8) is 0 Å². The summed E-state index contributed by atoms with van der Waals surface area (Å²) >= 11 is 0. The quantitative estimate of drug-likeness (QED) is 0.612. The molecule has 1 saturated carbocycles. The van der Waals surface area contributed by atoms with E-state index in [2.05, 4.69) is 13.8 Å². The second-order valence-electron chi connectivity index (χ2n) is 9.19. The molecule has 2 aromatic rings. The minimum Gasteiger partial charge on any atom is -0.335 e. The first-order valence-electron chi connectivity index (χ1n) is 11.4. The second kappa shape index (κ2) is 9.32. The summed E-state index contributed by atoms with van der Waals surface area (Å²) in [7, 11) is -3.57. The maximum atomic E-state index is 14.1.